The van der Waals surface area contributed by atoms with Gasteiger partial charge in [0.2, 0.25) is 11.8 Å². The molecule has 0 spiro atoms. The Bertz CT molecular complexity index is 1160. The van der Waals surface area contributed by atoms with E-state index in [1.807, 2.05) is 13.8 Å². The van der Waals surface area contributed by atoms with Crippen molar-refractivity contribution >= 4 is 5.91 Å². The molecule has 1 aliphatic carbocycles. The molecular weight excluding hydrogens is 448 g/mol. The zero-order chi connectivity index (χ0) is 24.5. The molecule has 3 aromatic rings. The van der Waals surface area contributed by atoms with E-state index in [9.17, 15) is 22.4 Å². The second-order valence-electron chi connectivity index (χ2n) is 8.79. The SMILES string of the molecule is C[C@@H](NC(=O)C1C[C@]1(C)c1ccc(C(F)(F)F)cc1)c1ccc(OCc2ccccc2F)nc1. The van der Waals surface area contributed by atoms with E-state index in [1.165, 1.54) is 18.2 Å². The molecule has 1 fully saturated rings. The molecule has 1 saturated carbocycles. The zero-order valence-corrected chi connectivity index (χ0v) is 18.7. The molecule has 2 aromatic carbocycles. The molecule has 1 N–H and O–H groups in total. The van der Waals surface area contributed by atoms with Crippen LogP contribution in [-0.4, -0.2) is 10.9 Å². The van der Waals surface area contributed by atoms with Crippen LogP contribution in [0, 0.1) is 11.7 Å². The van der Waals surface area contributed by atoms with Crippen molar-refractivity contribution < 1.29 is 27.1 Å². The van der Waals surface area contributed by atoms with Gasteiger partial charge in [0.15, 0.2) is 0 Å². The quantitative estimate of drug-likeness (QED) is 0.431. The van der Waals surface area contributed by atoms with Crippen LogP contribution in [0.4, 0.5) is 17.6 Å². The van der Waals surface area contributed by atoms with Crippen molar-refractivity contribution in [2.45, 2.75) is 44.5 Å². The number of ether oxygens (including phenoxy) is 1. The molecule has 8 heteroatoms. The molecule has 4 rings (SSSR count). The molecule has 1 aliphatic rings. The van der Waals surface area contributed by atoms with Crippen LogP contribution in [0.3, 0.4) is 0 Å². The first kappa shape index (κ1) is 23.7. The monoisotopic (exact) mass is 472 g/mol. The number of hydrogen-bond donors (Lipinski definition) is 1. The van der Waals surface area contributed by atoms with Crippen molar-refractivity contribution in [3.05, 3.63) is 94.9 Å². The van der Waals surface area contributed by atoms with Crippen LogP contribution in [0.1, 0.15) is 48.6 Å². The van der Waals surface area contributed by atoms with Crippen molar-refractivity contribution in [2.75, 3.05) is 0 Å². The molecule has 0 saturated heterocycles. The number of hydrogen-bond acceptors (Lipinski definition) is 3. The second kappa shape index (κ2) is 9.08. The number of nitrogens with one attached hydrogen (secondary N) is 1. The highest BCUT2D eigenvalue weighted by Crippen LogP contribution is 2.54. The van der Waals surface area contributed by atoms with E-state index in [1.54, 1.807) is 36.5 Å². The van der Waals surface area contributed by atoms with Gasteiger partial charge in [-0.2, -0.15) is 13.2 Å². The minimum Gasteiger partial charge on any atom is -0.473 e. The Labute approximate surface area is 195 Å². The van der Waals surface area contributed by atoms with E-state index < -0.39 is 17.2 Å². The fraction of sp³-hybridized carbons (Fsp3) is 0.308. The number of amides is 1. The van der Waals surface area contributed by atoms with Gasteiger partial charge in [-0.05, 0) is 42.7 Å². The lowest BCUT2D eigenvalue weighted by Gasteiger charge is -2.17. The third kappa shape index (κ3) is 5.05. The number of rotatable bonds is 7. The lowest BCUT2D eigenvalue weighted by molar-refractivity contribution is -0.137. The largest absolute Gasteiger partial charge is 0.473 e. The molecule has 4 nitrogen and oxygen atoms in total. The van der Waals surface area contributed by atoms with Crippen LogP contribution in [0.25, 0.3) is 0 Å². The van der Waals surface area contributed by atoms with Crippen LogP contribution >= 0.6 is 0 Å². The number of pyridine rings is 1. The molecule has 1 aromatic heterocycles. The van der Waals surface area contributed by atoms with Crippen molar-refractivity contribution in [1.82, 2.24) is 10.3 Å². The van der Waals surface area contributed by atoms with Gasteiger partial charge < -0.3 is 10.1 Å². The smallest absolute Gasteiger partial charge is 0.416 e. The van der Waals surface area contributed by atoms with E-state index in [4.69, 9.17) is 4.74 Å². The maximum Gasteiger partial charge on any atom is 0.416 e. The highest BCUT2D eigenvalue weighted by atomic mass is 19.4. The van der Waals surface area contributed by atoms with Gasteiger partial charge in [-0.25, -0.2) is 9.37 Å². The summed E-state index contributed by atoms with van der Waals surface area (Å²) in [6, 6.07) is 14.4. The Kier molecular flexibility index (Phi) is 6.34. The van der Waals surface area contributed by atoms with Crippen molar-refractivity contribution in [1.29, 1.82) is 0 Å². The Morgan fingerprint density at radius 1 is 1.15 bits per heavy atom. The van der Waals surface area contributed by atoms with Gasteiger partial charge in [0.1, 0.15) is 12.4 Å². The van der Waals surface area contributed by atoms with Crippen LogP contribution in [0.2, 0.25) is 0 Å². The van der Waals surface area contributed by atoms with Crippen LogP contribution in [-0.2, 0) is 23.0 Å². The number of carbonyl (C=O) groups is 1. The van der Waals surface area contributed by atoms with E-state index in [-0.39, 0.29) is 30.3 Å². The predicted molar refractivity (Wildman–Crippen MR) is 118 cm³/mol. The Morgan fingerprint density at radius 3 is 2.47 bits per heavy atom. The van der Waals surface area contributed by atoms with Gasteiger partial charge in [0.05, 0.1) is 11.6 Å². The molecule has 0 bridgehead atoms. The average molecular weight is 472 g/mol. The summed E-state index contributed by atoms with van der Waals surface area (Å²) in [5.74, 6) is -0.487. The fourth-order valence-corrected chi connectivity index (χ4v) is 4.00. The third-order valence-corrected chi connectivity index (χ3v) is 6.38. The van der Waals surface area contributed by atoms with E-state index in [2.05, 4.69) is 10.3 Å². The van der Waals surface area contributed by atoms with Gasteiger partial charge in [0.25, 0.3) is 0 Å². The topological polar surface area (TPSA) is 51.2 Å². The van der Waals surface area contributed by atoms with Gasteiger partial charge in [0, 0.05) is 29.2 Å². The summed E-state index contributed by atoms with van der Waals surface area (Å²) in [7, 11) is 0. The summed E-state index contributed by atoms with van der Waals surface area (Å²) in [5.41, 5.74) is 0.713. The van der Waals surface area contributed by atoms with Crippen LogP contribution in [0.15, 0.2) is 66.9 Å². The normalized spacial score (nSPS) is 20.5. The van der Waals surface area contributed by atoms with Crippen LogP contribution in [0.5, 0.6) is 5.88 Å². The number of aromatic nitrogens is 1. The maximum absolute atomic E-state index is 13.7. The lowest BCUT2D eigenvalue weighted by atomic mass is 9.94. The Morgan fingerprint density at radius 2 is 1.85 bits per heavy atom. The highest BCUT2D eigenvalue weighted by molar-refractivity contribution is 5.84. The average Bonchev–Trinajstić information content (AvgIpc) is 3.51. The lowest BCUT2D eigenvalue weighted by Crippen LogP contribution is -2.30. The van der Waals surface area contributed by atoms with Crippen LogP contribution < -0.4 is 10.1 Å². The van der Waals surface area contributed by atoms with E-state index in [0.29, 0.717) is 23.4 Å². The molecule has 3 atom stereocenters. The Hall–Kier alpha value is -3.42. The van der Waals surface area contributed by atoms with Gasteiger partial charge in [-0.15, -0.1) is 0 Å². The minimum absolute atomic E-state index is 0.0511. The molecular formula is C26H24F4N2O2. The molecule has 178 valence electrons. The minimum atomic E-state index is -4.39. The maximum atomic E-state index is 13.7. The second-order valence-corrected chi connectivity index (χ2v) is 8.79. The molecule has 0 aliphatic heterocycles. The number of nitrogens with zero attached hydrogens (tertiary/aromatic N) is 1. The Balaban J connectivity index is 1.32. The molecule has 0 radical (unpaired) electrons. The van der Waals surface area contributed by atoms with Gasteiger partial charge in [-0.1, -0.05) is 43.3 Å². The number of halogens is 4. The molecule has 1 unspecified atom stereocenters. The highest BCUT2D eigenvalue weighted by Gasteiger charge is 2.55. The summed E-state index contributed by atoms with van der Waals surface area (Å²) in [4.78, 5) is 17.0. The first-order chi connectivity index (χ1) is 16.1. The first-order valence-electron chi connectivity index (χ1n) is 10.9. The van der Waals surface area contributed by atoms with E-state index in [0.717, 1.165) is 17.7 Å². The fourth-order valence-electron chi connectivity index (χ4n) is 4.00. The number of carbonyl (C=O) groups excluding carboxylic acids is 1. The summed E-state index contributed by atoms with van der Waals surface area (Å²) >= 11 is 0. The predicted octanol–water partition coefficient (Wildman–Crippen LogP) is 5.97. The molecule has 34 heavy (non-hydrogen) atoms. The van der Waals surface area contributed by atoms with Crippen molar-refractivity contribution in [3.8, 4) is 5.88 Å². The van der Waals surface area contributed by atoms with Gasteiger partial charge in [-0.3, -0.25) is 4.79 Å². The van der Waals surface area contributed by atoms with E-state index >= 15 is 0 Å². The standard InChI is InChI=1S/C26H24F4N2O2/c1-16(17-7-12-23(31-14-17)34-15-18-5-3-4-6-22(18)27)32-24(33)21-13-25(21,2)19-8-10-20(11-9-19)26(28,29)30/h3-12,14,16,21H,13,15H2,1-2H3,(H,32,33)/t16-,21?,25-/m1/s1. The summed E-state index contributed by atoms with van der Waals surface area (Å²) in [6.45, 7) is 3.76. The summed E-state index contributed by atoms with van der Waals surface area (Å²) in [6.07, 6.45) is -2.23. The molecule has 1 heterocycles. The van der Waals surface area contributed by atoms with Crippen molar-refractivity contribution in [3.63, 3.8) is 0 Å². The third-order valence-electron chi connectivity index (χ3n) is 6.38. The van der Waals surface area contributed by atoms with Crippen molar-refractivity contribution in [2.24, 2.45) is 5.92 Å². The summed E-state index contributed by atoms with van der Waals surface area (Å²) in [5, 5.41) is 2.95. The summed E-state index contributed by atoms with van der Waals surface area (Å²) < 4.78 is 57.7. The first-order valence-corrected chi connectivity index (χ1v) is 10.9. The van der Waals surface area contributed by atoms with Gasteiger partial charge >= 0.3 is 6.18 Å². The zero-order valence-electron chi connectivity index (χ0n) is 18.7. The number of benzene rings is 2. The number of alkyl halides is 3. The molecule has 1 amide bonds.